The van der Waals surface area contributed by atoms with Crippen LogP contribution in [0.4, 0.5) is 11.4 Å². The average Bonchev–Trinajstić information content (AvgIpc) is 3.85. The molecule has 0 aliphatic carbocycles. The molecule has 0 saturated heterocycles. The largest absolute Gasteiger partial charge is 0.509 e. The second-order valence-electron chi connectivity index (χ2n) is 18.4. The number of nitrogens with zero attached hydrogens (tertiary/aromatic N) is 4. The summed E-state index contributed by atoms with van der Waals surface area (Å²) in [4.78, 5) is 9.38. The van der Waals surface area contributed by atoms with Crippen molar-refractivity contribution in [2.45, 2.75) is 71.6 Å². The minimum absolute atomic E-state index is 0. The molecule has 0 N–H and O–H groups in total. The van der Waals surface area contributed by atoms with Crippen molar-refractivity contribution in [1.29, 1.82) is 0 Å². The summed E-state index contributed by atoms with van der Waals surface area (Å²) in [5.41, 5.74) is 10.9. The number of aromatic nitrogens is 2. The Kier molecular flexibility index (Phi) is 11.1. The minimum atomic E-state index is -0.301. The maximum atomic E-state index is 6.65. The molecular formula is C55H51N4OPt-3. The maximum Gasteiger partial charge on any atom is 0.135 e. The van der Waals surface area contributed by atoms with E-state index in [-0.39, 0.29) is 37.3 Å². The van der Waals surface area contributed by atoms with E-state index >= 15 is 0 Å². The van der Waals surface area contributed by atoms with Crippen molar-refractivity contribution < 1.29 is 25.8 Å². The molecule has 310 valence electrons. The van der Waals surface area contributed by atoms with Gasteiger partial charge in [-0.25, -0.2) is 4.98 Å². The molecule has 0 radical (unpaired) electrons. The average molecular weight is 979 g/mol. The minimum Gasteiger partial charge on any atom is -0.509 e. The van der Waals surface area contributed by atoms with Crippen LogP contribution in [-0.4, -0.2) is 9.55 Å². The van der Waals surface area contributed by atoms with Crippen molar-refractivity contribution in [2.24, 2.45) is 0 Å². The Hall–Kier alpha value is -5.90. The van der Waals surface area contributed by atoms with Crippen LogP contribution < -0.4 is 14.5 Å². The predicted molar refractivity (Wildman–Crippen MR) is 249 cm³/mol. The van der Waals surface area contributed by atoms with Gasteiger partial charge in [-0.15, -0.1) is 48.1 Å². The van der Waals surface area contributed by atoms with E-state index in [1.54, 1.807) is 0 Å². The Morgan fingerprint density at radius 2 is 1.25 bits per heavy atom. The number of allylic oxidation sites excluding steroid dienone is 1. The van der Waals surface area contributed by atoms with Crippen LogP contribution in [-0.2, 0) is 37.3 Å². The van der Waals surface area contributed by atoms with Crippen LogP contribution in [0.3, 0.4) is 0 Å². The molecule has 6 aromatic carbocycles. The quantitative estimate of drug-likeness (QED) is 0.142. The van der Waals surface area contributed by atoms with Crippen LogP contribution >= 0.6 is 0 Å². The molecule has 0 atom stereocenters. The third-order valence-corrected chi connectivity index (χ3v) is 11.7. The van der Waals surface area contributed by atoms with Gasteiger partial charge in [-0.2, -0.15) is 12.1 Å². The maximum absolute atomic E-state index is 6.65. The van der Waals surface area contributed by atoms with Gasteiger partial charge < -0.3 is 19.1 Å². The first kappa shape index (κ1) is 41.8. The first-order chi connectivity index (χ1) is 28.7. The molecule has 0 saturated carbocycles. The molecular weight excluding hydrogens is 928 g/mol. The zero-order valence-corrected chi connectivity index (χ0v) is 38.4. The van der Waals surface area contributed by atoms with Gasteiger partial charge in [0, 0.05) is 61.1 Å². The predicted octanol–water partition coefficient (Wildman–Crippen LogP) is 14.1. The molecule has 0 fully saturated rings. The van der Waals surface area contributed by atoms with E-state index in [1.165, 1.54) is 22.3 Å². The van der Waals surface area contributed by atoms with Gasteiger partial charge in [0.25, 0.3) is 0 Å². The Bertz CT molecular complexity index is 2880. The molecule has 2 aromatic heterocycles. The van der Waals surface area contributed by atoms with Crippen LogP contribution in [0.25, 0.3) is 38.8 Å². The van der Waals surface area contributed by atoms with Crippen molar-refractivity contribution in [1.82, 2.24) is 9.55 Å². The fourth-order valence-electron chi connectivity index (χ4n) is 8.14. The number of hydrogen-bond donors (Lipinski definition) is 0. The van der Waals surface area contributed by atoms with Gasteiger partial charge >= 0.3 is 0 Å². The standard InChI is InChI=1S/C55H51N4O.Pt/c1-53(2,3)41-21-15-23-44(32-41)58-37-57(36-51(58)55(7,8)40-19-13-10-14-20-40)43-22-16-24-45(34-43)60-46-26-27-47-48-31-39(38-17-11-9-12-18-38)25-28-49(48)59(50(47)35-46)52-33-42(29-30-56-52)54(4,5)6;/h9-33,36-37H,1-8H3;/q-3;. The molecule has 0 unspecified atom stereocenters. The van der Waals surface area contributed by atoms with Gasteiger partial charge in [-0.05, 0) is 80.6 Å². The summed E-state index contributed by atoms with van der Waals surface area (Å²) in [6.45, 7) is 20.2. The number of rotatable bonds is 8. The Morgan fingerprint density at radius 3 is 1.98 bits per heavy atom. The van der Waals surface area contributed by atoms with Gasteiger partial charge in [-0.3, -0.25) is 0 Å². The van der Waals surface area contributed by atoms with Gasteiger partial charge in [0.05, 0.1) is 0 Å². The molecule has 9 rings (SSSR count). The third kappa shape index (κ3) is 8.17. The second kappa shape index (κ2) is 16.2. The normalized spacial score (nSPS) is 13.4. The summed E-state index contributed by atoms with van der Waals surface area (Å²) in [5.74, 6) is 2.05. The van der Waals surface area contributed by atoms with Gasteiger partial charge in [0.2, 0.25) is 0 Å². The molecule has 5 nitrogen and oxygen atoms in total. The van der Waals surface area contributed by atoms with Crippen LogP contribution in [0.2, 0.25) is 0 Å². The van der Waals surface area contributed by atoms with E-state index in [4.69, 9.17) is 9.72 Å². The fraction of sp³-hybridized carbons (Fsp3) is 0.200. The summed E-state index contributed by atoms with van der Waals surface area (Å²) < 4.78 is 8.87. The molecule has 0 bridgehead atoms. The first-order valence-corrected chi connectivity index (χ1v) is 20.8. The zero-order chi connectivity index (χ0) is 41.8. The topological polar surface area (TPSA) is 33.5 Å². The van der Waals surface area contributed by atoms with E-state index in [0.29, 0.717) is 11.5 Å². The van der Waals surface area contributed by atoms with Crippen LogP contribution in [0, 0.1) is 18.8 Å². The zero-order valence-electron chi connectivity index (χ0n) is 36.1. The Labute approximate surface area is 375 Å². The number of pyridine rings is 1. The number of hydrogen-bond acceptors (Lipinski definition) is 4. The summed E-state index contributed by atoms with van der Waals surface area (Å²) in [5, 5.41) is 2.21. The van der Waals surface area contributed by atoms with Crippen molar-refractivity contribution in [3.8, 4) is 28.4 Å². The Morgan fingerprint density at radius 1 is 0.574 bits per heavy atom. The number of fused-ring (bicyclic) bond motifs is 3. The molecule has 0 spiro atoms. The van der Waals surface area contributed by atoms with E-state index in [2.05, 4.69) is 222 Å². The van der Waals surface area contributed by atoms with E-state index in [9.17, 15) is 0 Å². The van der Waals surface area contributed by atoms with Crippen molar-refractivity contribution in [2.75, 3.05) is 9.80 Å². The van der Waals surface area contributed by atoms with Gasteiger partial charge in [-0.1, -0.05) is 146 Å². The first-order valence-electron chi connectivity index (χ1n) is 20.8. The summed E-state index contributed by atoms with van der Waals surface area (Å²) in [7, 11) is 0. The summed E-state index contributed by atoms with van der Waals surface area (Å²) in [6, 6.07) is 58.5. The second-order valence-corrected chi connectivity index (χ2v) is 18.4. The van der Waals surface area contributed by atoms with Gasteiger partial charge in [0.15, 0.2) is 0 Å². The van der Waals surface area contributed by atoms with Crippen molar-refractivity contribution in [3.05, 3.63) is 199 Å². The molecule has 1 aliphatic rings. The van der Waals surface area contributed by atoms with Crippen LogP contribution in [0.15, 0.2) is 164 Å². The third-order valence-electron chi connectivity index (χ3n) is 11.7. The van der Waals surface area contributed by atoms with Crippen molar-refractivity contribution in [3.63, 3.8) is 0 Å². The fourth-order valence-corrected chi connectivity index (χ4v) is 8.14. The summed E-state index contributed by atoms with van der Waals surface area (Å²) >= 11 is 0. The van der Waals surface area contributed by atoms with Crippen LogP contribution in [0.1, 0.15) is 72.1 Å². The van der Waals surface area contributed by atoms with E-state index in [0.717, 1.165) is 50.3 Å². The number of benzene rings is 6. The van der Waals surface area contributed by atoms with Crippen molar-refractivity contribution >= 4 is 33.2 Å². The van der Waals surface area contributed by atoms with E-state index in [1.807, 2.05) is 24.4 Å². The molecule has 61 heavy (non-hydrogen) atoms. The molecule has 8 aromatic rings. The number of anilines is 2. The monoisotopic (exact) mass is 978 g/mol. The van der Waals surface area contributed by atoms with Gasteiger partial charge in [0.1, 0.15) is 5.82 Å². The Balaban J connectivity index is 0.00000514. The SMILES string of the molecule is CC(C)(C)c1cccc(N2[CH-]N(c3[c-]c(Oc4[c-]c5c(cc4)c4cc(-c6ccccc6)ccc4n5-c4cc(C(C)(C)C)ccn4)ccc3)C=C2C(C)(C)c2ccccc2)c1.[Pt]. The molecule has 1 aliphatic heterocycles. The molecule has 0 amide bonds. The summed E-state index contributed by atoms with van der Waals surface area (Å²) in [6.07, 6.45) is 4.14. The molecule has 6 heteroatoms. The van der Waals surface area contributed by atoms with Crippen LogP contribution in [0.5, 0.6) is 11.5 Å². The number of ether oxygens (including phenoxy) is 1. The molecule has 3 heterocycles. The smallest absolute Gasteiger partial charge is 0.135 e. The van der Waals surface area contributed by atoms with E-state index < -0.39 is 0 Å².